The minimum Gasteiger partial charge on any atom is -0.493 e. The van der Waals surface area contributed by atoms with Gasteiger partial charge in [-0.1, -0.05) is 54.6 Å². The molecule has 0 saturated heterocycles. The molecule has 2 amide bonds. The van der Waals surface area contributed by atoms with Crippen LogP contribution in [0, 0.1) is 3.57 Å². The van der Waals surface area contributed by atoms with Crippen LogP contribution in [0.2, 0.25) is 0 Å². The maximum Gasteiger partial charge on any atom is 0.290 e. The number of nitrogens with zero attached hydrogens (tertiary/aromatic N) is 1. The second-order valence-electron chi connectivity index (χ2n) is 9.85. The minimum absolute atomic E-state index is 0.0618. The van der Waals surface area contributed by atoms with Crippen molar-refractivity contribution in [3.05, 3.63) is 105 Å². The molecule has 1 aliphatic rings. The lowest BCUT2D eigenvalue weighted by atomic mass is 9.87. The molecule has 0 spiro atoms. The Bertz CT molecular complexity index is 1590. The summed E-state index contributed by atoms with van der Waals surface area (Å²) in [7, 11) is 1.53. The van der Waals surface area contributed by atoms with Crippen LogP contribution in [0.15, 0.2) is 94.9 Å². The summed E-state index contributed by atoms with van der Waals surface area (Å²) in [5.74, 6) is 0.257. The molecule has 1 aliphatic carbocycles. The maximum atomic E-state index is 14.2. The molecule has 0 radical (unpaired) electrons. The molecule has 3 atom stereocenters. The van der Waals surface area contributed by atoms with E-state index < -0.39 is 30.1 Å². The summed E-state index contributed by atoms with van der Waals surface area (Å²) in [6.45, 7) is -0.00294. The fourth-order valence-electron chi connectivity index (χ4n) is 5.03. The molecule has 0 bridgehead atoms. The first-order valence-electron chi connectivity index (χ1n) is 13.5. The number of amides is 2. The predicted molar refractivity (Wildman–Crippen MR) is 165 cm³/mol. The van der Waals surface area contributed by atoms with E-state index in [0.29, 0.717) is 28.0 Å². The number of benzene rings is 3. The average molecular weight is 683 g/mol. The van der Waals surface area contributed by atoms with Gasteiger partial charge in [-0.15, -0.1) is 0 Å². The van der Waals surface area contributed by atoms with Crippen molar-refractivity contribution < 1.29 is 33.7 Å². The van der Waals surface area contributed by atoms with Crippen molar-refractivity contribution in [2.45, 2.75) is 31.2 Å². The van der Waals surface area contributed by atoms with E-state index in [1.54, 1.807) is 24.3 Å². The lowest BCUT2D eigenvalue weighted by Crippen LogP contribution is -2.54. The van der Waals surface area contributed by atoms with E-state index in [-0.39, 0.29) is 31.9 Å². The molecule has 1 aromatic heterocycles. The Morgan fingerprint density at radius 2 is 1.79 bits per heavy atom. The van der Waals surface area contributed by atoms with E-state index >= 15 is 0 Å². The summed E-state index contributed by atoms with van der Waals surface area (Å²) in [6, 6.07) is 23.0. The topological polar surface area (TPSA) is 121 Å². The highest BCUT2D eigenvalue weighted by atomic mass is 127. The minimum atomic E-state index is -1.18. The highest BCUT2D eigenvalue weighted by Crippen LogP contribution is 2.33. The van der Waals surface area contributed by atoms with E-state index in [2.05, 4.69) is 27.9 Å². The Balaban J connectivity index is 1.55. The summed E-state index contributed by atoms with van der Waals surface area (Å²) in [5, 5.41) is 24.4. The maximum absolute atomic E-state index is 14.2. The zero-order valence-electron chi connectivity index (χ0n) is 22.9. The van der Waals surface area contributed by atoms with E-state index in [1.165, 1.54) is 12.0 Å². The van der Waals surface area contributed by atoms with Crippen LogP contribution < -0.4 is 14.8 Å². The van der Waals surface area contributed by atoms with E-state index in [1.807, 2.05) is 60.7 Å². The van der Waals surface area contributed by atoms with Crippen LogP contribution in [0.4, 0.5) is 0 Å². The summed E-state index contributed by atoms with van der Waals surface area (Å²) in [4.78, 5) is 28.9. The zero-order chi connectivity index (χ0) is 29.6. The van der Waals surface area contributed by atoms with Gasteiger partial charge in [-0.3, -0.25) is 9.59 Å². The Labute approximate surface area is 256 Å². The zero-order valence-corrected chi connectivity index (χ0v) is 25.1. The number of fused-ring (bicyclic) bond motifs is 1. The summed E-state index contributed by atoms with van der Waals surface area (Å²) in [6.07, 6.45) is -0.459. The van der Waals surface area contributed by atoms with Gasteiger partial charge in [-0.05, 0) is 58.5 Å². The van der Waals surface area contributed by atoms with E-state index in [4.69, 9.17) is 13.9 Å². The number of carbonyl (C=O) groups is 2. The van der Waals surface area contributed by atoms with Gasteiger partial charge in [0.05, 0.1) is 23.3 Å². The molecule has 10 heteroatoms. The molecule has 4 aromatic rings. The monoisotopic (exact) mass is 682 g/mol. The molecule has 1 heterocycles. The van der Waals surface area contributed by atoms with Crippen LogP contribution in [0.25, 0.3) is 11.0 Å². The average Bonchev–Trinajstić information content (AvgIpc) is 3.46. The number of aliphatic hydroxyl groups excluding tert-OH is 2. The lowest BCUT2D eigenvalue weighted by molar-refractivity contribution is -0.118. The smallest absolute Gasteiger partial charge is 0.290 e. The first-order valence-corrected chi connectivity index (χ1v) is 14.6. The molecule has 5 rings (SSSR count). The third-order valence-electron chi connectivity index (χ3n) is 7.11. The quantitative estimate of drug-likeness (QED) is 0.214. The Morgan fingerprint density at radius 3 is 2.52 bits per heavy atom. The van der Waals surface area contributed by atoms with Crippen molar-refractivity contribution >= 4 is 45.4 Å². The number of carbonyl (C=O) groups excluding carboxylic acids is 2. The summed E-state index contributed by atoms with van der Waals surface area (Å²) >= 11 is 2.14. The number of halogens is 1. The van der Waals surface area contributed by atoms with Gasteiger partial charge in [0.25, 0.3) is 5.91 Å². The van der Waals surface area contributed by atoms with Gasteiger partial charge >= 0.3 is 0 Å². The number of para-hydroxylation sites is 2. The molecular formula is C32H31IN2O7. The van der Waals surface area contributed by atoms with E-state index in [9.17, 15) is 19.8 Å². The van der Waals surface area contributed by atoms with E-state index in [0.717, 1.165) is 9.13 Å². The third-order valence-corrected chi connectivity index (χ3v) is 8.00. The number of hydrogen-bond acceptors (Lipinski definition) is 7. The molecule has 3 N–H and O–H groups in total. The molecule has 218 valence electrons. The van der Waals surface area contributed by atoms with Crippen LogP contribution >= 0.6 is 22.6 Å². The fourth-order valence-corrected chi connectivity index (χ4v) is 5.54. The molecule has 0 unspecified atom stereocenters. The molecule has 0 saturated carbocycles. The molecule has 0 fully saturated rings. The number of rotatable bonds is 10. The Kier molecular flexibility index (Phi) is 9.45. The molecule has 9 nitrogen and oxygen atoms in total. The van der Waals surface area contributed by atoms with Crippen molar-refractivity contribution in [3.8, 4) is 11.5 Å². The highest BCUT2D eigenvalue weighted by Gasteiger charge is 2.41. The second-order valence-corrected chi connectivity index (χ2v) is 11.0. The van der Waals surface area contributed by atoms with Crippen LogP contribution in [-0.4, -0.2) is 65.4 Å². The van der Waals surface area contributed by atoms with Gasteiger partial charge in [0.2, 0.25) is 5.91 Å². The second kappa shape index (κ2) is 13.4. The number of aliphatic hydroxyl groups is 2. The number of ether oxygens (including phenoxy) is 2. The molecular weight excluding hydrogens is 651 g/mol. The van der Waals surface area contributed by atoms with Crippen LogP contribution in [-0.2, 0) is 11.3 Å². The molecule has 42 heavy (non-hydrogen) atoms. The van der Waals surface area contributed by atoms with Gasteiger partial charge in [0.1, 0.15) is 18.0 Å². The standard InChI is InChI=1S/C32H31IN2O7/c1-40-26-13-7-10-21-17-28(42-30(21)26)32(39)35(19-20-8-3-2-4-9-20)24-16-22(31(38)34-14-15-36)18-27(29(24)37)41-25-12-6-5-11-23(25)33/h2-13,17-18,24,27,29,36-37H,14-16,19H2,1H3,(H,34,38)/t24-,27+,29+/m1/s1. The summed E-state index contributed by atoms with van der Waals surface area (Å²) < 4.78 is 18.5. The number of furan rings is 1. The van der Waals surface area contributed by atoms with Crippen LogP contribution in [0.3, 0.4) is 0 Å². The number of nitrogens with one attached hydrogen (secondary N) is 1. The summed E-state index contributed by atoms with van der Waals surface area (Å²) in [5.41, 5.74) is 1.62. The number of hydrogen-bond donors (Lipinski definition) is 3. The number of methoxy groups -OCH3 is 1. The predicted octanol–water partition coefficient (Wildman–Crippen LogP) is 4.30. The van der Waals surface area contributed by atoms with Crippen molar-refractivity contribution in [2.24, 2.45) is 0 Å². The van der Waals surface area contributed by atoms with Crippen LogP contribution in [0.1, 0.15) is 22.5 Å². The Morgan fingerprint density at radius 1 is 1.05 bits per heavy atom. The van der Waals surface area contributed by atoms with Gasteiger partial charge in [0, 0.05) is 30.5 Å². The molecule has 0 aliphatic heterocycles. The first kappa shape index (κ1) is 29.6. The highest BCUT2D eigenvalue weighted by molar-refractivity contribution is 14.1. The molecule has 3 aromatic carbocycles. The largest absolute Gasteiger partial charge is 0.493 e. The SMILES string of the molecule is COc1cccc2cc(C(=O)N(Cc3ccccc3)[C@@H]3CC(C(=O)NCCO)=C[C@H](Oc4ccccc4I)[C@H]3O)oc12. The van der Waals surface area contributed by atoms with Gasteiger partial charge < -0.3 is 34.3 Å². The normalized spacial score (nSPS) is 18.3. The van der Waals surface area contributed by atoms with Gasteiger partial charge in [-0.2, -0.15) is 0 Å². The van der Waals surface area contributed by atoms with Gasteiger partial charge in [-0.25, -0.2) is 0 Å². The van der Waals surface area contributed by atoms with Gasteiger partial charge in [0.15, 0.2) is 17.1 Å². The van der Waals surface area contributed by atoms with Crippen molar-refractivity contribution in [1.82, 2.24) is 10.2 Å². The fraction of sp³-hybridized carbons (Fsp3) is 0.250. The first-order chi connectivity index (χ1) is 20.4. The Hall–Kier alpha value is -3.87. The van der Waals surface area contributed by atoms with Crippen molar-refractivity contribution in [1.29, 1.82) is 0 Å². The lowest BCUT2D eigenvalue weighted by Gasteiger charge is -2.40. The van der Waals surface area contributed by atoms with Crippen molar-refractivity contribution in [2.75, 3.05) is 20.3 Å². The third kappa shape index (κ3) is 6.45. The van der Waals surface area contributed by atoms with Crippen LogP contribution in [0.5, 0.6) is 11.5 Å². The van der Waals surface area contributed by atoms with Crippen molar-refractivity contribution in [3.63, 3.8) is 0 Å².